The third kappa shape index (κ3) is 1.58. The summed E-state index contributed by atoms with van der Waals surface area (Å²) in [6, 6.07) is 1.81. The van der Waals surface area contributed by atoms with Crippen LogP contribution in [0.1, 0.15) is 12.8 Å². The van der Waals surface area contributed by atoms with E-state index in [9.17, 15) is 9.90 Å². The summed E-state index contributed by atoms with van der Waals surface area (Å²) >= 11 is 0. The minimum absolute atomic E-state index is 0.174. The lowest BCUT2D eigenvalue weighted by atomic mass is 10.00. The molecule has 0 amide bonds. The number of aromatic amines is 1. The highest BCUT2D eigenvalue weighted by atomic mass is 16.3. The standard InChI is InChI=1S/C12H15N5O2/c18-9-2-1-7-4-16(5-8(7)9)10-3-11-14-15-12(19)17(11)6-13-10/h3,6-9,18H,1-2,4-5H2,(H,15,19). The van der Waals surface area contributed by atoms with Crippen molar-refractivity contribution in [3.8, 4) is 0 Å². The maximum absolute atomic E-state index is 11.4. The Morgan fingerprint density at radius 1 is 1.37 bits per heavy atom. The van der Waals surface area contributed by atoms with E-state index in [2.05, 4.69) is 20.1 Å². The van der Waals surface area contributed by atoms with Gasteiger partial charge in [0.25, 0.3) is 0 Å². The molecule has 7 heteroatoms. The summed E-state index contributed by atoms with van der Waals surface area (Å²) in [6.07, 6.45) is 3.34. The third-order valence-corrected chi connectivity index (χ3v) is 4.44. The van der Waals surface area contributed by atoms with Gasteiger partial charge in [-0.2, -0.15) is 5.10 Å². The van der Waals surface area contributed by atoms with Crippen LogP contribution in [0.15, 0.2) is 17.2 Å². The molecule has 2 fully saturated rings. The predicted octanol–water partition coefficient (Wildman–Crippen LogP) is -0.375. The van der Waals surface area contributed by atoms with Gasteiger partial charge < -0.3 is 10.0 Å². The second-order valence-electron chi connectivity index (χ2n) is 5.48. The van der Waals surface area contributed by atoms with Crippen LogP contribution >= 0.6 is 0 Å². The Bertz CT molecular complexity index is 678. The van der Waals surface area contributed by atoms with Crippen LogP contribution in [-0.4, -0.2) is 43.9 Å². The van der Waals surface area contributed by atoms with E-state index in [4.69, 9.17) is 0 Å². The molecule has 19 heavy (non-hydrogen) atoms. The van der Waals surface area contributed by atoms with Crippen molar-refractivity contribution >= 4 is 11.5 Å². The van der Waals surface area contributed by atoms with Crippen molar-refractivity contribution in [2.24, 2.45) is 11.8 Å². The van der Waals surface area contributed by atoms with E-state index >= 15 is 0 Å². The molecule has 100 valence electrons. The van der Waals surface area contributed by atoms with E-state index in [0.29, 0.717) is 17.5 Å². The molecule has 1 saturated carbocycles. The van der Waals surface area contributed by atoms with Gasteiger partial charge in [-0.05, 0) is 18.8 Å². The third-order valence-electron chi connectivity index (χ3n) is 4.44. The first-order valence-corrected chi connectivity index (χ1v) is 6.58. The first kappa shape index (κ1) is 11.0. The Morgan fingerprint density at radius 3 is 3.11 bits per heavy atom. The van der Waals surface area contributed by atoms with E-state index < -0.39 is 0 Å². The largest absolute Gasteiger partial charge is 0.393 e. The zero-order valence-electron chi connectivity index (χ0n) is 10.4. The van der Waals surface area contributed by atoms with E-state index in [1.807, 2.05) is 6.07 Å². The topological polar surface area (TPSA) is 86.5 Å². The second kappa shape index (κ2) is 3.80. The summed E-state index contributed by atoms with van der Waals surface area (Å²) in [7, 11) is 0. The highest BCUT2D eigenvalue weighted by Crippen LogP contribution is 2.39. The maximum atomic E-state index is 11.4. The summed E-state index contributed by atoms with van der Waals surface area (Å²) in [4.78, 5) is 17.9. The molecule has 1 aliphatic carbocycles. The van der Waals surface area contributed by atoms with E-state index in [1.54, 1.807) is 0 Å². The Hall–Kier alpha value is -1.89. The number of nitrogens with one attached hydrogen (secondary N) is 1. The number of aromatic nitrogens is 4. The first-order chi connectivity index (χ1) is 9.22. The van der Waals surface area contributed by atoms with Crippen LogP contribution in [0.3, 0.4) is 0 Å². The number of anilines is 1. The number of rotatable bonds is 1. The van der Waals surface area contributed by atoms with Gasteiger partial charge in [0.05, 0.1) is 6.10 Å². The van der Waals surface area contributed by atoms with Gasteiger partial charge >= 0.3 is 5.69 Å². The highest BCUT2D eigenvalue weighted by Gasteiger charge is 2.42. The summed E-state index contributed by atoms with van der Waals surface area (Å²) in [5, 5.41) is 16.3. The van der Waals surface area contributed by atoms with E-state index in [0.717, 1.165) is 31.7 Å². The first-order valence-electron chi connectivity index (χ1n) is 6.58. The van der Waals surface area contributed by atoms with Crippen molar-refractivity contribution in [1.82, 2.24) is 19.6 Å². The van der Waals surface area contributed by atoms with Crippen LogP contribution in [-0.2, 0) is 0 Å². The molecule has 3 heterocycles. The fourth-order valence-corrected chi connectivity index (χ4v) is 3.40. The molecule has 2 N–H and O–H groups in total. The zero-order chi connectivity index (χ0) is 13.0. The van der Waals surface area contributed by atoms with Gasteiger partial charge in [-0.15, -0.1) is 0 Å². The Morgan fingerprint density at radius 2 is 2.26 bits per heavy atom. The monoisotopic (exact) mass is 261 g/mol. The van der Waals surface area contributed by atoms with Crippen LogP contribution in [0.25, 0.3) is 5.65 Å². The molecule has 2 aromatic rings. The second-order valence-corrected chi connectivity index (χ2v) is 5.48. The molecule has 1 saturated heterocycles. The summed E-state index contributed by atoms with van der Waals surface area (Å²) in [5.74, 6) is 1.75. The lowest BCUT2D eigenvalue weighted by molar-refractivity contribution is 0.133. The number of H-pyrrole nitrogens is 1. The maximum Gasteiger partial charge on any atom is 0.348 e. The quantitative estimate of drug-likeness (QED) is 0.731. The van der Waals surface area contributed by atoms with Gasteiger partial charge in [0.15, 0.2) is 5.65 Å². The summed E-state index contributed by atoms with van der Waals surface area (Å²) in [6.45, 7) is 1.77. The average Bonchev–Trinajstić information content (AvgIpc) is 3.07. The fourth-order valence-electron chi connectivity index (χ4n) is 3.40. The van der Waals surface area contributed by atoms with Gasteiger partial charge in [0.1, 0.15) is 12.1 Å². The van der Waals surface area contributed by atoms with Crippen LogP contribution in [0.2, 0.25) is 0 Å². The van der Waals surface area contributed by atoms with Crippen molar-refractivity contribution in [2.45, 2.75) is 18.9 Å². The van der Waals surface area contributed by atoms with Crippen molar-refractivity contribution in [3.63, 3.8) is 0 Å². The number of nitrogens with zero attached hydrogens (tertiary/aromatic N) is 4. The molecule has 3 unspecified atom stereocenters. The Balaban J connectivity index is 1.66. The van der Waals surface area contributed by atoms with Crippen molar-refractivity contribution < 1.29 is 5.11 Å². The van der Waals surface area contributed by atoms with Gasteiger partial charge in [-0.25, -0.2) is 19.3 Å². The average molecular weight is 261 g/mol. The number of hydrogen-bond acceptors (Lipinski definition) is 5. The van der Waals surface area contributed by atoms with Crippen molar-refractivity contribution in [3.05, 3.63) is 22.9 Å². The van der Waals surface area contributed by atoms with Gasteiger partial charge in [0, 0.05) is 25.1 Å². The SMILES string of the molecule is O=c1[nH]nc2cc(N3CC4CCC(O)C4C3)ncn12. The number of fused-ring (bicyclic) bond motifs is 2. The van der Waals surface area contributed by atoms with Gasteiger partial charge in [-0.1, -0.05) is 0 Å². The van der Waals surface area contributed by atoms with Crippen molar-refractivity contribution in [2.75, 3.05) is 18.0 Å². The minimum Gasteiger partial charge on any atom is -0.393 e. The molecule has 2 aliphatic rings. The lowest BCUT2D eigenvalue weighted by Gasteiger charge is -2.19. The Kier molecular flexibility index (Phi) is 2.20. The van der Waals surface area contributed by atoms with Crippen LogP contribution in [0, 0.1) is 11.8 Å². The van der Waals surface area contributed by atoms with Gasteiger partial charge in [0.2, 0.25) is 0 Å². The fraction of sp³-hybridized carbons (Fsp3) is 0.583. The molecular formula is C12H15N5O2. The molecule has 0 spiro atoms. The molecule has 7 nitrogen and oxygen atoms in total. The molecule has 2 aromatic heterocycles. The van der Waals surface area contributed by atoms with Crippen LogP contribution in [0.5, 0.6) is 0 Å². The van der Waals surface area contributed by atoms with Crippen molar-refractivity contribution in [1.29, 1.82) is 0 Å². The molecule has 4 rings (SSSR count). The van der Waals surface area contributed by atoms with Gasteiger partial charge in [-0.3, -0.25) is 0 Å². The zero-order valence-corrected chi connectivity index (χ0v) is 10.4. The molecule has 0 aromatic carbocycles. The number of aliphatic hydroxyl groups is 1. The molecule has 1 aliphatic heterocycles. The molecule has 3 atom stereocenters. The molecular weight excluding hydrogens is 246 g/mol. The number of aliphatic hydroxyl groups excluding tert-OH is 1. The van der Waals surface area contributed by atoms with Crippen LogP contribution in [0.4, 0.5) is 5.82 Å². The molecule has 0 bridgehead atoms. The Labute approximate surface area is 108 Å². The normalized spacial score (nSPS) is 30.2. The van der Waals surface area contributed by atoms with E-state index in [-0.39, 0.29) is 11.8 Å². The number of hydrogen-bond donors (Lipinski definition) is 2. The summed E-state index contributed by atoms with van der Waals surface area (Å²) < 4.78 is 1.38. The minimum atomic E-state index is -0.275. The lowest BCUT2D eigenvalue weighted by Crippen LogP contribution is -2.25. The smallest absolute Gasteiger partial charge is 0.348 e. The van der Waals surface area contributed by atoms with Crippen LogP contribution < -0.4 is 10.6 Å². The predicted molar refractivity (Wildman–Crippen MR) is 68.0 cm³/mol. The highest BCUT2D eigenvalue weighted by molar-refractivity contribution is 5.51. The summed E-state index contributed by atoms with van der Waals surface area (Å²) in [5.41, 5.74) is 0.301. The van der Waals surface area contributed by atoms with E-state index in [1.165, 1.54) is 10.7 Å². The molecule has 0 radical (unpaired) electrons.